The van der Waals surface area contributed by atoms with Gasteiger partial charge in [0.25, 0.3) is 0 Å². The third kappa shape index (κ3) is 4.55. The van der Waals surface area contributed by atoms with E-state index < -0.39 is 0 Å². The van der Waals surface area contributed by atoms with E-state index in [2.05, 4.69) is 5.32 Å². The van der Waals surface area contributed by atoms with Gasteiger partial charge in [0.15, 0.2) is 0 Å². The molecule has 1 amide bonds. The second-order valence-electron chi connectivity index (χ2n) is 5.07. The fourth-order valence-corrected chi connectivity index (χ4v) is 3.61. The van der Waals surface area contributed by atoms with E-state index in [1.807, 2.05) is 24.3 Å². The van der Waals surface area contributed by atoms with Gasteiger partial charge in [0.2, 0.25) is 5.91 Å². The van der Waals surface area contributed by atoms with Gasteiger partial charge < -0.3 is 10.4 Å². The number of rotatable bonds is 3. The Bertz CT molecular complexity index is 419. The van der Waals surface area contributed by atoms with Crippen LogP contribution in [0.5, 0.6) is 0 Å². The summed E-state index contributed by atoms with van der Waals surface area (Å²) >= 11 is 1.75. The average molecular weight is 279 g/mol. The molecule has 2 atom stereocenters. The summed E-state index contributed by atoms with van der Waals surface area (Å²) in [5.41, 5.74) is 0.818. The van der Waals surface area contributed by atoms with Crippen molar-refractivity contribution in [1.29, 1.82) is 0 Å². The number of thioether (sulfide) groups is 1. The van der Waals surface area contributed by atoms with Gasteiger partial charge in [0.05, 0.1) is 6.10 Å². The van der Waals surface area contributed by atoms with Gasteiger partial charge in [-0.2, -0.15) is 0 Å². The molecule has 4 heteroatoms. The summed E-state index contributed by atoms with van der Waals surface area (Å²) < 4.78 is 0. The molecule has 3 nitrogen and oxygen atoms in total. The Balaban J connectivity index is 1.96. The highest BCUT2D eigenvalue weighted by Gasteiger charge is 2.22. The second kappa shape index (κ2) is 6.96. The lowest BCUT2D eigenvalue weighted by Crippen LogP contribution is -2.21. The molecule has 2 unspecified atom stereocenters. The monoisotopic (exact) mass is 279 g/mol. The minimum absolute atomic E-state index is 0.0559. The molecule has 1 aliphatic carbocycles. The minimum Gasteiger partial charge on any atom is -0.392 e. The van der Waals surface area contributed by atoms with Crippen LogP contribution in [-0.2, 0) is 4.79 Å². The van der Waals surface area contributed by atoms with Crippen molar-refractivity contribution < 1.29 is 9.90 Å². The van der Waals surface area contributed by atoms with Crippen LogP contribution in [0.1, 0.15) is 39.0 Å². The quantitative estimate of drug-likeness (QED) is 0.833. The molecular weight excluding hydrogens is 258 g/mol. The van der Waals surface area contributed by atoms with Crippen LogP contribution in [0.3, 0.4) is 0 Å². The number of carbonyl (C=O) groups is 1. The Hall–Kier alpha value is -1.00. The van der Waals surface area contributed by atoms with Crippen LogP contribution < -0.4 is 5.32 Å². The zero-order valence-electron chi connectivity index (χ0n) is 11.3. The number of aliphatic hydroxyl groups is 1. The third-order valence-corrected chi connectivity index (χ3v) is 4.78. The van der Waals surface area contributed by atoms with Crippen LogP contribution in [0.4, 0.5) is 5.69 Å². The zero-order chi connectivity index (χ0) is 13.7. The van der Waals surface area contributed by atoms with Gasteiger partial charge in [-0.05, 0) is 37.1 Å². The summed E-state index contributed by atoms with van der Waals surface area (Å²) in [4.78, 5) is 12.1. The molecule has 0 bridgehead atoms. The lowest BCUT2D eigenvalue weighted by atomic mass is 10.1. The average Bonchev–Trinajstić information content (AvgIpc) is 2.57. The van der Waals surface area contributed by atoms with E-state index in [-0.39, 0.29) is 12.0 Å². The van der Waals surface area contributed by atoms with E-state index in [1.54, 1.807) is 11.8 Å². The molecule has 0 saturated heterocycles. The van der Waals surface area contributed by atoms with E-state index in [1.165, 1.54) is 19.8 Å². The lowest BCUT2D eigenvalue weighted by Gasteiger charge is -2.19. The van der Waals surface area contributed by atoms with Crippen molar-refractivity contribution in [3.05, 3.63) is 24.3 Å². The molecule has 1 saturated carbocycles. The number of benzene rings is 1. The van der Waals surface area contributed by atoms with Crippen molar-refractivity contribution in [3.8, 4) is 0 Å². The summed E-state index contributed by atoms with van der Waals surface area (Å²) in [5.74, 6) is -0.0559. The molecule has 0 aliphatic heterocycles. The molecule has 2 N–H and O–H groups in total. The van der Waals surface area contributed by atoms with Crippen LogP contribution in [0.2, 0.25) is 0 Å². The highest BCUT2D eigenvalue weighted by molar-refractivity contribution is 8.00. The summed E-state index contributed by atoms with van der Waals surface area (Å²) in [7, 11) is 0. The van der Waals surface area contributed by atoms with Crippen LogP contribution in [0.15, 0.2) is 29.2 Å². The molecule has 19 heavy (non-hydrogen) atoms. The van der Waals surface area contributed by atoms with Crippen molar-refractivity contribution in [1.82, 2.24) is 0 Å². The van der Waals surface area contributed by atoms with Gasteiger partial charge in [-0.3, -0.25) is 4.79 Å². The zero-order valence-corrected chi connectivity index (χ0v) is 12.1. The van der Waals surface area contributed by atoms with E-state index in [0.717, 1.165) is 29.8 Å². The molecule has 104 valence electrons. The SMILES string of the molecule is CC(=O)Nc1ccc(SC2CCCCCC2O)cc1. The summed E-state index contributed by atoms with van der Waals surface area (Å²) in [5, 5.41) is 13.2. The van der Waals surface area contributed by atoms with Crippen molar-refractivity contribution in [2.45, 2.75) is 55.3 Å². The maximum absolute atomic E-state index is 10.9. The largest absolute Gasteiger partial charge is 0.392 e. The first-order chi connectivity index (χ1) is 9.15. The second-order valence-corrected chi connectivity index (χ2v) is 6.38. The molecular formula is C15H21NO2S. The fraction of sp³-hybridized carbons (Fsp3) is 0.533. The Morgan fingerprint density at radius 3 is 2.58 bits per heavy atom. The Labute approximate surface area is 118 Å². The van der Waals surface area contributed by atoms with E-state index in [0.29, 0.717) is 5.25 Å². The molecule has 1 aromatic rings. The van der Waals surface area contributed by atoms with Crippen LogP contribution in [0, 0.1) is 0 Å². The van der Waals surface area contributed by atoms with Crippen LogP contribution in [0.25, 0.3) is 0 Å². The highest BCUT2D eigenvalue weighted by Crippen LogP contribution is 2.33. The first-order valence-electron chi connectivity index (χ1n) is 6.87. The fourth-order valence-electron chi connectivity index (χ4n) is 2.39. The predicted octanol–water partition coefficient (Wildman–Crippen LogP) is 3.43. The number of carbonyl (C=O) groups excluding carboxylic acids is 1. The Morgan fingerprint density at radius 2 is 1.89 bits per heavy atom. The van der Waals surface area contributed by atoms with E-state index in [9.17, 15) is 9.90 Å². The molecule has 1 fully saturated rings. The highest BCUT2D eigenvalue weighted by atomic mass is 32.2. The first kappa shape index (κ1) is 14.4. The van der Waals surface area contributed by atoms with E-state index in [4.69, 9.17) is 0 Å². The van der Waals surface area contributed by atoms with Crippen molar-refractivity contribution in [2.24, 2.45) is 0 Å². The molecule has 0 aromatic heterocycles. The number of anilines is 1. The number of amides is 1. The van der Waals surface area contributed by atoms with Crippen LogP contribution >= 0.6 is 11.8 Å². The van der Waals surface area contributed by atoms with Crippen LogP contribution in [-0.4, -0.2) is 22.4 Å². The normalized spacial score (nSPS) is 23.7. The Morgan fingerprint density at radius 1 is 1.21 bits per heavy atom. The molecule has 0 heterocycles. The number of nitrogens with one attached hydrogen (secondary N) is 1. The molecule has 0 radical (unpaired) electrons. The minimum atomic E-state index is -0.192. The van der Waals surface area contributed by atoms with Gasteiger partial charge in [-0.15, -0.1) is 11.8 Å². The number of aliphatic hydroxyl groups excluding tert-OH is 1. The van der Waals surface area contributed by atoms with Crippen molar-refractivity contribution in [2.75, 3.05) is 5.32 Å². The maximum Gasteiger partial charge on any atom is 0.221 e. The smallest absolute Gasteiger partial charge is 0.221 e. The molecule has 1 aliphatic rings. The van der Waals surface area contributed by atoms with Gasteiger partial charge in [-0.25, -0.2) is 0 Å². The van der Waals surface area contributed by atoms with Gasteiger partial charge >= 0.3 is 0 Å². The number of hydrogen-bond acceptors (Lipinski definition) is 3. The molecule has 1 aromatic carbocycles. The standard InChI is InChI=1S/C15H21NO2S/c1-11(17)16-12-7-9-13(10-8-12)19-15-6-4-2-3-5-14(15)18/h7-10,14-15,18H,2-6H2,1H3,(H,16,17). The third-order valence-electron chi connectivity index (χ3n) is 3.38. The van der Waals surface area contributed by atoms with Crippen molar-refractivity contribution >= 4 is 23.4 Å². The molecule has 2 rings (SSSR count). The Kier molecular flexibility index (Phi) is 5.28. The molecule has 0 spiro atoms. The summed E-state index contributed by atoms with van der Waals surface area (Å²) in [6, 6.07) is 7.83. The van der Waals surface area contributed by atoms with Gasteiger partial charge in [0.1, 0.15) is 0 Å². The lowest BCUT2D eigenvalue weighted by molar-refractivity contribution is -0.114. The van der Waals surface area contributed by atoms with Gasteiger partial charge in [-0.1, -0.05) is 19.3 Å². The topological polar surface area (TPSA) is 49.3 Å². The predicted molar refractivity (Wildman–Crippen MR) is 79.5 cm³/mol. The maximum atomic E-state index is 10.9. The van der Waals surface area contributed by atoms with E-state index >= 15 is 0 Å². The number of hydrogen-bond donors (Lipinski definition) is 2. The van der Waals surface area contributed by atoms with Crippen molar-refractivity contribution in [3.63, 3.8) is 0 Å². The first-order valence-corrected chi connectivity index (χ1v) is 7.75. The summed E-state index contributed by atoms with van der Waals surface area (Å²) in [6.45, 7) is 1.50. The summed E-state index contributed by atoms with van der Waals surface area (Å²) in [6.07, 6.45) is 5.39. The van der Waals surface area contributed by atoms with Gasteiger partial charge in [0, 0.05) is 22.8 Å².